The highest BCUT2D eigenvalue weighted by Gasteiger charge is 2.13. The maximum absolute atomic E-state index is 12.4. The van der Waals surface area contributed by atoms with Crippen molar-refractivity contribution in [1.82, 2.24) is 9.55 Å². The molecule has 108 valence electrons. The Kier molecular flexibility index (Phi) is 3.73. The first-order valence-electron chi connectivity index (χ1n) is 6.56. The van der Waals surface area contributed by atoms with Gasteiger partial charge in [-0.15, -0.1) is 11.3 Å². The van der Waals surface area contributed by atoms with Gasteiger partial charge in [0, 0.05) is 16.7 Å². The van der Waals surface area contributed by atoms with E-state index in [0.717, 1.165) is 10.4 Å². The van der Waals surface area contributed by atoms with Crippen LogP contribution in [0.15, 0.2) is 46.0 Å². The number of nitrogens with one attached hydrogen (secondary N) is 1. The lowest BCUT2D eigenvalue weighted by Gasteiger charge is -2.06. The summed E-state index contributed by atoms with van der Waals surface area (Å²) in [5.41, 5.74) is 0.399. The molecule has 0 spiro atoms. The smallest absolute Gasteiger partial charge is 0.298 e. The third kappa shape index (κ3) is 2.69. The molecule has 4 nitrogen and oxygen atoms in total. The molecule has 3 rings (SSSR count). The van der Waals surface area contributed by atoms with Crippen molar-refractivity contribution in [1.29, 1.82) is 0 Å². The van der Waals surface area contributed by atoms with E-state index in [1.54, 1.807) is 0 Å². The van der Waals surface area contributed by atoms with Crippen LogP contribution >= 0.6 is 24.0 Å². The van der Waals surface area contributed by atoms with Crippen LogP contribution in [0.4, 0.5) is 0 Å². The molecule has 0 aliphatic heterocycles. The Morgan fingerprint density at radius 1 is 1.29 bits per heavy atom. The number of hydrogen-bond donors (Lipinski definition) is 2. The zero-order valence-electron chi connectivity index (χ0n) is 11.4. The first-order valence-corrected chi connectivity index (χ1v) is 7.89. The molecule has 2 aromatic heterocycles. The molecule has 0 bridgehead atoms. The number of aromatic nitrogens is 2. The van der Waals surface area contributed by atoms with Crippen molar-refractivity contribution in [2.45, 2.75) is 18.7 Å². The Bertz CT molecular complexity index is 891. The van der Waals surface area contributed by atoms with E-state index in [-0.39, 0.29) is 16.5 Å². The summed E-state index contributed by atoms with van der Waals surface area (Å²) in [6, 6.07) is 11.6. The maximum Gasteiger partial charge on any atom is 0.329 e. The Balaban J connectivity index is 2.21. The van der Waals surface area contributed by atoms with Gasteiger partial charge in [0.05, 0.1) is 5.39 Å². The molecule has 1 aromatic carbocycles. The average Bonchev–Trinajstić information content (AvgIpc) is 2.88. The highest BCUT2D eigenvalue weighted by molar-refractivity contribution is 7.80. The number of hydrogen-bond acceptors (Lipinski definition) is 4. The minimum absolute atomic E-state index is 0.0616. The SMILES string of the molecule is CC(S)Cn1c(=O)[nH]c2sc(-c3ccccc3)cc2c1=O. The van der Waals surface area contributed by atoms with E-state index in [1.807, 2.05) is 43.3 Å². The van der Waals surface area contributed by atoms with Gasteiger partial charge in [-0.1, -0.05) is 37.3 Å². The molecule has 21 heavy (non-hydrogen) atoms. The zero-order valence-corrected chi connectivity index (χ0v) is 13.1. The molecule has 1 N–H and O–H groups in total. The molecule has 3 aromatic rings. The van der Waals surface area contributed by atoms with Crippen molar-refractivity contribution in [3.63, 3.8) is 0 Å². The van der Waals surface area contributed by atoms with Crippen molar-refractivity contribution >= 4 is 34.2 Å². The molecule has 0 saturated heterocycles. The van der Waals surface area contributed by atoms with Gasteiger partial charge >= 0.3 is 5.69 Å². The molecule has 0 amide bonds. The van der Waals surface area contributed by atoms with Crippen LogP contribution in [-0.4, -0.2) is 14.8 Å². The molecule has 6 heteroatoms. The summed E-state index contributed by atoms with van der Waals surface area (Å²) in [6.45, 7) is 2.14. The normalized spacial score (nSPS) is 12.7. The highest BCUT2D eigenvalue weighted by Crippen LogP contribution is 2.30. The molecule has 0 radical (unpaired) electrons. The van der Waals surface area contributed by atoms with Crippen molar-refractivity contribution in [3.05, 3.63) is 57.2 Å². The van der Waals surface area contributed by atoms with E-state index in [1.165, 1.54) is 15.9 Å². The van der Waals surface area contributed by atoms with Gasteiger partial charge in [-0.25, -0.2) is 4.79 Å². The average molecular weight is 318 g/mol. The van der Waals surface area contributed by atoms with Gasteiger partial charge in [-0.05, 0) is 11.6 Å². The molecule has 0 aliphatic carbocycles. The molecule has 2 heterocycles. The Morgan fingerprint density at radius 3 is 2.67 bits per heavy atom. The number of nitrogens with zero attached hydrogens (tertiary/aromatic N) is 1. The number of benzene rings is 1. The third-order valence-electron chi connectivity index (χ3n) is 3.18. The largest absolute Gasteiger partial charge is 0.329 e. The van der Waals surface area contributed by atoms with Crippen molar-refractivity contribution in [3.8, 4) is 10.4 Å². The second-order valence-corrected chi connectivity index (χ2v) is 6.85. The quantitative estimate of drug-likeness (QED) is 0.730. The Labute approximate surface area is 130 Å². The monoisotopic (exact) mass is 318 g/mol. The van der Waals surface area contributed by atoms with Gasteiger partial charge < -0.3 is 0 Å². The summed E-state index contributed by atoms with van der Waals surface area (Å²) in [4.78, 5) is 28.8. The fourth-order valence-corrected chi connectivity index (χ4v) is 3.43. The molecular formula is C15H14N2O2S2. The second-order valence-electron chi connectivity index (χ2n) is 4.91. The first-order chi connectivity index (χ1) is 10.1. The number of thiol groups is 1. The molecule has 0 aliphatic rings. The lowest BCUT2D eigenvalue weighted by Crippen LogP contribution is -2.36. The van der Waals surface area contributed by atoms with E-state index in [2.05, 4.69) is 17.6 Å². The fraction of sp³-hybridized carbons (Fsp3) is 0.200. The van der Waals surface area contributed by atoms with Crippen LogP contribution in [0.25, 0.3) is 20.7 Å². The molecule has 0 fully saturated rings. The van der Waals surface area contributed by atoms with Crippen LogP contribution in [0.2, 0.25) is 0 Å². The standard InChI is InChI=1S/C15H14N2O2S2/c1-9(20)8-17-14(18)11-7-12(10-5-3-2-4-6-10)21-13(11)16-15(17)19/h2-7,9,20H,8H2,1H3,(H,16,19). The summed E-state index contributed by atoms with van der Waals surface area (Å²) in [5, 5.41) is 0.487. The van der Waals surface area contributed by atoms with Gasteiger partial charge in [0.2, 0.25) is 0 Å². The fourth-order valence-electron chi connectivity index (χ4n) is 2.22. The van der Waals surface area contributed by atoms with E-state index >= 15 is 0 Å². The third-order valence-corrected chi connectivity index (χ3v) is 4.44. The zero-order chi connectivity index (χ0) is 15.0. The minimum Gasteiger partial charge on any atom is -0.298 e. The number of thiophene rings is 1. The molecule has 1 unspecified atom stereocenters. The number of H-pyrrole nitrogens is 1. The van der Waals surface area contributed by atoms with Crippen LogP contribution in [0.5, 0.6) is 0 Å². The predicted molar refractivity (Wildman–Crippen MR) is 90.6 cm³/mol. The lowest BCUT2D eigenvalue weighted by atomic mass is 10.2. The van der Waals surface area contributed by atoms with E-state index in [9.17, 15) is 9.59 Å². The summed E-state index contributed by atoms with van der Waals surface area (Å²) in [5.74, 6) is 0. The summed E-state index contributed by atoms with van der Waals surface area (Å²) >= 11 is 5.67. The topological polar surface area (TPSA) is 54.9 Å². The lowest BCUT2D eigenvalue weighted by molar-refractivity contribution is 0.636. The van der Waals surface area contributed by atoms with E-state index in [4.69, 9.17) is 0 Å². The van der Waals surface area contributed by atoms with Crippen LogP contribution in [0.1, 0.15) is 6.92 Å². The van der Waals surface area contributed by atoms with Gasteiger partial charge in [0.15, 0.2) is 0 Å². The van der Waals surface area contributed by atoms with Gasteiger partial charge in [0.1, 0.15) is 4.83 Å². The van der Waals surface area contributed by atoms with Gasteiger partial charge in [0.25, 0.3) is 5.56 Å². The number of rotatable bonds is 3. The summed E-state index contributed by atoms with van der Waals surface area (Å²) < 4.78 is 1.21. The highest BCUT2D eigenvalue weighted by atomic mass is 32.1. The predicted octanol–water partition coefficient (Wildman–Crippen LogP) is 2.74. The second kappa shape index (κ2) is 5.54. The molecular weight excluding hydrogens is 304 g/mol. The maximum atomic E-state index is 12.4. The molecule has 1 atom stereocenters. The van der Waals surface area contributed by atoms with Crippen molar-refractivity contribution < 1.29 is 0 Å². The number of aromatic amines is 1. The van der Waals surface area contributed by atoms with Crippen LogP contribution in [0, 0.1) is 0 Å². The Morgan fingerprint density at radius 2 is 2.00 bits per heavy atom. The van der Waals surface area contributed by atoms with Gasteiger partial charge in [-0.3, -0.25) is 14.3 Å². The summed E-state index contributed by atoms with van der Waals surface area (Å²) in [6.07, 6.45) is 0. The van der Waals surface area contributed by atoms with Crippen LogP contribution < -0.4 is 11.2 Å². The van der Waals surface area contributed by atoms with E-state index in [0.29, 0.717) is 16.8 Å². The van der Waals surface area contributed by atoms with Crippen molar-refractivity contribution in [2.75, 3.05) is 0 Å². The van der Waals surface area contributed by atoms with Crippen LogP contribution in [-0.2, 0) is 6.54 Å². The van der Waals surface area contributed by atoms with Gasteiger partial charge in [-0.2, -0.15) is 12.6 Å². The van der Waals surface area contributed by atoms with Crippen LogP contribution in [0.3, 0.4) is 0 Å². The first kappa shape index (κ1) is 14.2. The Hall–Kier alpha value is -1.79. The van der Waals surface area contributed by atoms with Crippen molar-refractivity contribution in [2.24, 2.45) is 0 Å². The minimum atomic E-state index is -0.380. The molecule has 0 saturated carbocycles. The summed E-state index contributed by atoms with van der Waals surface area (Å²) in [7, 11) is 0. The van der Waals surface area contributed by atoms with E-state index < -0.39 is 0 Å². The number of fused-ring (bicyclic) bond motifs is 1.